The first-order chi connectivity index (χ1) is 18.3. The van der Waals surface area contributed by atoms with E-state index in [1.165, 1.54) is 6.92 Å². The maximum absolute atomic E-state index is 13.4. The van der Waals surface area contributed by atoms with Crippen LogP contribution in [0.3, 0.4) is 0 Å². The van der Waals surface area contributed by atoms with Gasteiger partial charge in [-0.05, 0) is 49.1 Å². The van der Waals surface area contributed by atoms with Gasteiger partial charge < -0.3 is 14.5 Å². The molecule has 0 saturated carbocycles. The molecule has 0 N–H and O–H groups in total. The Morgan fingerprint density at radius 2 is 1.64 bits per heavy atom. The molecule has 2 saturated heterocycles. The van der Waals surface area contributed by atoms with Crippen LogP contribution in [0.1, 0.15) is 66.9 Å². The monoisotopic (exact) mass is 556 g/mol. The SMILES string of the molecule is C[C@@H](O[C@H]1CCN(C(=O)CCN2CCCC2=O)C[C@H]1c1ccccc1)c1cc(C(F)(F)F)cc(C(F)(F)F)c1. The van der Waals surface area contributed by atoms with E-state index in [4.69, 9.17) is 4.74 Å². The number of nitrogens with zero attached hydrogens (tertiary/aromatic N) is 2. The Hall–Kier alpha value is -3.08. The topological polar surface area (TPSA) is 49.9 Å². The van der Waals surface area contributed by atoms with Gasteiger partial charge in [-0.2, -0.15) is 26.3 Å². The van der Waals surface area contributed by atoms with Crippen LogP contribution in [-0.2, 0) is 26.7 Å². The number of ether oxygens (including phenoxy) is 1. The molecule has 0 bridgehead atoms. The zero-order valence-electron chi connectivity index (χ0n) is 21.4. The third-order valence-corrected chi connectivity index (χ3v) is 7.36. The smallest absolute Gasteiger partial charge is 0.370 e. The molecule has 2 heterocycles. The number of amides is 2. The Morgan fingerprint density at radius 3 is 2.21 bits per heavy atom. The summed E-state index contributed by atoms with van der Waals surface area (Å²) in [5.41, 5.74) is -2.15. The number of carbonyl (C=O) groups excluding carboxylic acids is 2. The molecule has 0 aliphatic carbocycles. The fourth-order valence-electron chi connectivity index (χ4n) is 5.22. The molecule has 4 rings (SSSR count). The molecule has 2 aromatic rings. The molecular weight excluding hydrogens is 526 g/mol. The van der Waals surface area contributed by atoms with Crippen LogP contribution in [-0.4, -0.2) is 53.9 Å². The van der Waals surface area contributed by atoms with Crippen molar-refractivity contribution in [3.8, 4) is 0 Å². The van der Waals surface area contributed by atoms with Gasteiger partial charge in [0.05, 0.1) is 23.3 Å². The van der Waals surface area contributed by atoms with Crippen molar-refractivity contribution in [1.82, 2.24) is 9.80 Å². The third kappa shape index (κ3) is 7.12. The van der Waals surface area contributed by atoms with Crippen molar-refractivity contribution in [2.45, 2.75) is 63.1 Å². The average Bonchev–Trinajstić information content (AvgIpc) is 3.31. The first-order valence-electron chi connectivity index (χ1n) is 12.9. The van der Waals surface area contributed by atoms with E-state index in [9.17, 15) is 35.9 Å². The van der Waals surface area contributed by atoms with Crippen molar-refractivity contribution in [3.63, 3.8) is 0 Å². The van der Waals surface area contributed by atoms with Gasteiger partial charge in [-0.3, -0.25) is 9.59 Å². The highest BCUT2D eigenvalue weighted by molar-refractivity contribution is 5.80. The van der Waals surface area contributed by atoms with Crippen molar-refractivity contribution in [2.24, 2.45) is 0 Å². The summed E-state index contributed by atoms with van der Waals surface area (Å²) in [6.45, 7) is 3.02. The summed E-state index contributed by atoms with van der Waals surface area (Å²) >= 11 is 0. The molecule has 3 atom stereocenters. The molecule has 0 aromatic heterocycles. The minimum Gasteiger partial charge on any atom is -0.370 e. The third-order valence-electron chi connectivity index (χ3n) is 7.36. The van der Waals surface area contributed by atoms with Gasteiger partial charge in [-0.1, -0.05) is 30.3 Å². The summed E-state index contributed by atoms with van der Waals surface area (Å²) in [5, 5.41) is 0. The molecule has 39 heavy (non-hydrogen) atoms. The van der Waals surface area contributed by atoms with E-state index in [2.05, 4.69) is 0 Å². The molecule has 11 heteroatoms. The van der Waals surface area contributed by atoms with E-state index in [-0.39, 0.29) is 42.3 Å². The standard InChI is InChI=1S/C28H30F6N2O3/c1-18(20-14-21(27(29,30)31)16-22(15-20)28(32,33)34)39-24-9-12-36(17-23(24)19-6-3-2-4-7-19)26(38)10-13-35-11-5-8-25(35)37/h2-4,6-7,14-16,18,23-24H,5,8-13,17H2,1H3/t18-,23+,24+/m1/s1. The minimum atomic E-state index is -4.95. The van der Waals surface area contributed by atoms with Crippen LogP contribution in [0.4, 0.5) is 26.3 Å². The lowest BCUT2D eigenvalue weighted by atomic mass is 9.87. The number of halogens is 6. The van der Waals surface area contributed by atoms with E-state index < -0.39 is 35.7 Å². The second kappa shape index (κ2) is 11.6. The summed E-state index contributed by atoms with van der Waals surface area (Å²) in [7, 11) is 0. The number of piperidine rings is 1. The summed E-state index contributed by atoms with van der Waals surface area (Å²) in [6.07, 6.45) is -9.71. The molecule has 0 spiro atoms. The molecule has 2 aliphatic rings. The molecule has 212 valence electrons. The van der Waals surface area contributed by atoms with Crippen molar-refractivity contribution < 1.29 is 40.7 Å². The largest absolute Gasteiger partial charge is 0.416 e. The Labute approximate surface area is 222 Å². The van der Waals surface area contributed by atoms with Crippen LogP contribution < -0.4 is 0 Å². The summed E-state index contributed by atoms with van der Waals surface area (Å²) in [4.78, 5) is 28.2. The summed E-state index contributed by atoms with van der Waals surface area (Å²) in [6, 6.07) is 10.6. The van der Waals surface area contributed by atoms with E-state index in [0.29, 0.717) is 44.6 Å². The highest BCUT2D eigenvalue weighted by Gasteiger charge is 2.39. The van der Waals surface area contributed by atoms with E-state index in [0.717, 1.165) is 12.0 Å². The average molecular weight is 557 g/mol. The zero-order chi connectivity index (χ0) is 28.4. The predicted octanol–water partition coefficient (Wildman–Crippen LogP) is 6.20. The molecular formula is C28H30F6N2O3. The zero-order valence-corrected chi connectivity index (χ0v) is 21.4. The molecule has 2 fully saturated rings. The lowest BCUT2D eigenvalue weighted by Crippen LogP contribution is -2.46. The number of benzene rings is 2. The van der Waals surface area contributed by atoms with Crippen molar-refractivity contribution >= 4 is 11.8 Å². The van der Waals surface area contributed by atoms with E-state index in [1.54, 1.807) is 9.80 Å². The maximum atomic E-state index is 13.4. The lowest BCUT2D eigenvalue weighted by molar-refractivity contribution is -0.143. The van der Waals surface area contributed by atoms with Gasteiger partial charge in [-0.25, -0.2) is 0 Å². The van der Waals surface area contributed by atoms with E-state index in [1.807, 2.05) is 30.3 Å². The fraction of sp³-hybridized carbons (Fsp3) is 0.500. The Balaban J connectivity index is 1.52. The summed E-state index contributed by atoms with van der Waals surface area (Å²) in [5.74, 6) is -0.420. The van der Waals surface area contributed by atoms with Gasteiger partial charge in [0.1, 0.15) is 0 Å². The number of hydrogen-bond donors (Lipinski definition) is 0. The maximum Gasteiger partial charge on any atom is 0.416 e. The molecule has 0 unspecified atom stereocenters. The number of likely N-dealkylation sites (tertiary alicyclic amines) is 2. The molecule has 0 radical (unpaired) electrons. The highest BCUT2D eigenvalue weighted by Crippen LogP contribution is 2.39. The van der Waals surface area contributed by atoms with Gasteiger partial charge in [-0.15, -0.1) is 0 Å². The quantitative estimate of drug-likeness (QED) is 0.382. The van der Waals surface area contributed by atoms with Crippen molar-refractivity contribution in [2.75, 3.05) is 26.2 Å². The van der Waals surface area contributed by atoms with Crippen LogP contribution in [0.5, 0.6) is 0 Å². The Morgan fingerprint density at radius 1 is 1.00 bits per heavy atom. The number of carbonyl (C=O) groups is 2. The second-order valence-electron chi connectivity index (χ2n) is 10.0. The molecule has 2 aliphatic heterocycles. The highest BCUT2D eigenvalue weighted by atomic mass is 19.4. The van der Waals surface area contributed by atoms with Gasteiger partial charge in [0.25, 0.3) is 0 Å². The molecule has 2 aromatic carbocycles. The van der Waals surface area contributed by atoms with Crippen molar-refractivity contribution in [3.05, 3.63) is 70.8 Å². The van der Waals surface area contributed by atoms with Crippen LogP contribution in [0.2, 0.25) is 0 Å². The Bertz CT molecular complexity index is 1140. The first kappa shape index (κ1) is 28.9. The van der Waals surface area contributed by atoms with Crippen LogP contribution in [0.25, 0.3) is 0 Å². The van der Waals surface area contributed by atoms with Gasteiger partial charge in [0, 0.05) is 44.9 Å². The summed E-state index contributed by atoms with van der Waals surface area (Å²) < 4.78 is 86.4. The molecule has 2 amide bonds. The predicted molar refractivity (Wildman–Crippen MR) is 131 cm³/mol. The van der Waals surface area contributed by atoms with Crippen molar-refractivity contribution in [1.29, 1.82) is 0 Å². The van der Waals surface area contributed by atoms with Crippen LogP contribution in [0, 0.1) is 0 Å². The Kier molecular flexibility index (Phi) is 8.58. The second-order valence-corrected chi connectivity index (χ2v) is 10.0. The number of rotatable bonds is 7. The van der Waals surface area contributed by atoms with Crippen LogP contribution in [0.15, 0.2) is 48.5 Å². The van der Waals surface area contributed by atoms with E-state index >= 15 is 0 Å². The van der Waals surface area contributed by atoms with Crippen LogP contribution >= 0.6 is 0 Å². The minimum absolute atomic E-state index is 0.0364. The lowest BCUT2D eigenvalue weighted by Gasteiger charge is -2.40. The number of hydrogen-bond acceptors (Lipinski definition) is 3. The normalized spacial score (nSPS) is 21.4. The number of alkyl halides is 6. The van der Waals surface area contributed by atoms with Gasteiger partial charge in [0.2, 0.25) is 11.8 Å². The van der Waals surface area contributed by atoms with Gasteiger partial charge >= 0.3 is 12.4 Å². The van der Waals surface area contributed by atoms with Gasteiger partial charge in [0.15, 0.2) is 0 Å². The first-order valence-corrected chi connectivity index (χ1v) is 12.9. The fourth-order valence-corrected chi connectivity index (χ4v) is 5.22. The molecule has 5 nitrogen and oxygen atoms in total.